The zero-order valence-electron chi connectivity index (χ0n) is 13.8. The first-order valence-corrected chi connectivity index (χ1v) is 8.56. The molecule has 2 aromatic carbocycles. The Morgan fingerprint density at radius 3 is 2.44 bits per heavy atom. The zero-order valence-corrected chi connectivity index (χ0v) is 14.6. The van der Waals surface area contributed by atoms with Crippen LogP contribution in [-0.4, -0.2) is 36.0 Å². The van der Waals surface area contributed by atoms with Crippen molar-refractivity contribution in [2.24, 2.45) is 0 Å². The third-order valence-corrected chi connectivity index (χ3v) is 4.58. The fourth-order valence-corrected chi connectivity index (χ4v) is 3.26. The van der Waals surface area contributed by atoms with Crippen molar-refractivity contribution in [3.63, 3.8) is 0 Å². The molecule has 25 heavy (non-hydrogen) atoms. The molecule has 0 aliphatic carbocycles. The van der Waals surface area contributed by atoms with Gasteiger partial charge in [0.2, 0.25) is 0 Å². The molecule has 0 saturated heterocycles. The summed E-state index contributed by atoms with van der Waals surface area (Å²) in [4.78, 5) is 26.3. The molecule has 1 aromatic heterocycles. The molecule has 0 fully saturated rings. The van der Waals surface area contributed by atoms with E-state index in [1.165, 1.54) is 0 Å². The number of benzene rings is 2. The van der Waals surface area contributed by atoms with Gasteiger partial charge in [-0.1, -0.05) is 29.8 Å². The van der Waals surface area contributed by atoms with Gasteiger partial charge in [-0.15, -0.1) is 0 Å². The molecule has 0 unspecified atom stereocenters. The highest BCUT2D eigenvalue weighted by molar-refractivity contribution is 6.31. The number of hydrogen-bond acceptors (Lipinski definition) is 4. The molecule has 126 valence electrons. The van der Waals surface area contributed by atoms with Gasteiger partial charge in [0, 0.05) is 30.7 Å². The molecule has 0 radical (unpaired) electrons. The van der Waals surface area contributed by atoms with Crippen LogP contribution >= 0.6 is 11.6 Å². The van der Waals surface area contributed by atoms with Gasteiger partial charge in [-0.2, -0.15) is 0 Å². The Balaban J connectivity index is 1.85. The number of carbonyl (C=O) groups is 1. The Bertz CT molecular complexity index is 959. The van der Waals surface area contributed by atoms with Crippen LogP contribution in [0.3, 0.4) is 0 Å². The van der Waals surface area contributed by atoms with E-state index in [0.717, 1.165) is 29.8 Å². The zero-order chi connectivity index (χ0) is 17.4. The Labute approximate surface area is 150 Å². The average molecular weight is 353 g/mol. The normalized spacial score (nSPS) is 14.3. The first-order chi connectivity index (χ1) is 12.1. The number of hydrogen-bond donors (Lipinski definition) is 0. The molecule has 0 saturated carbocycles. The van der Waals surface area contributed by atoms with Crippen LogP contribution in [0.15, 0.2) is 48.5 Å². The van der Waals surface area contributed by atoms with Crippen LogP contribution in [0.5, 0.6) is 0 Å². The van der Waals surface area contributed by atoms with Gasteiger partial charge in [-0.05, 0) is 36.8 Å². The summed E-state index contributed by atoms with van der Waals surface area (Å²) in [5.74, 6) is 1.22. The van der Waals surface area contributed by atoms with Crippen LogP contribution in [0.4, 0.5) is 11.6 Å². The molecule has 0 bridgehead atoms. The number of carbonyl (C=O) groups excluding carboxylic acids is 1. The van der Waals surface area contributed by atoms with Crippen LogP contribution in [0.2, 0.25) is 5.02 Å². The molecule has 1 aliphatic heterocycles. The third-order valence-electron chi connectivity index (χ3n) is 4.34. The van der Waals surface area contributed by atoms with Crippen LogP contribution in [-0.2, 0) is 0 Å². The minimum absolute atomic E-state index is 0.108. The topological polar surface area (TPSA) is 49.3 Å². The number of anilines is 2. The predicted octanol–water partition coefficient (Wildman–Crippen LogP) is 3.77. The summed E-state index contributed by atoms with van der Waals surface area (Å²) < 4.78 is 0. The molecular formula is C19H17ClN4O. The van der Waals surface area contributed by atoms with Crippen LogP contribution in [0, 0.1) is 0 Å². The van der Waals surface area contributed by atoms with Crippen molar-refractivity contribution in [1.29, 1.82) is 0 Å². The number of para-hydroxylation sites is 2. The fraction of sp³-hybridized carbons (Fsp3) is 0.211. The lowest BCUT2D eigenvalue weighted by Gasteiger charge is -2.23. The maximum Gasteiger partial charge on any atom is 0.259 e. The highest BCUT2D eigenvalue weighted by Crippen LogP contribution is 2.31. The quantitative estimate of drug-likeness (QED) is 0.669. The molecule has 0 atom stereocenters. The van der Waals surface area contributed by atoms with Gasteiger partial charge in [0.1, 0.15) is 0 Å². The molecule has 1 amide bonds. The minimum atomic E-state index is -0.108. The molecule has 1 aliphatic rings. The van der Waals surface area contributed by atoms with E-state index in [-0.39, 0.29) is 5.91 Å². The van der Waals surface area contributed by atoms with Crippen molar-refractivity contribution >= 4 is 40.2 Å². The second-order valence-electron chi connectivity index (χ2n) is 6.10. The molecule has 0 spiro atoms. The van der Waals surface area contributed by atoms with Crippen molar-refractivity contribution < 1.29 is 4.79 Å². The molecule has 5 nitrogen and oxygen atoms in total. The number of rotatable bonds is 1. The van der Waals surface area contributed by atoms with Gasteiger partial charge < -0.3 is 4.90 Å². The van der Waals surface area contributed by atoms with Gasteiger partial charge in [-0.3, -0.25) is 9.69 Å². The summed E-state index contributed by atoms with van der Waals surface area (Å²) in [6.07, 6.45) is 0.844. The van der Waals surface area contributed by atoms with Crippen molar-refractivity contribution in [2.45, 2.75) is 6.42 Å². The Morgan fingerprint density at radius 2 is 1.72 bits per heavy atom. The Morgan fingerprint density at radius 1 is 1.00 bits per heavy atom. The maximum absolute atomic E-state index is 13.1. The van der Waals surface area contributed by atoms with Crippen molar-refractivity contribution in [2.75, 3.05) is 29.9 Å². The van der Waals surface area contributed by atoms with E-state index < -0.39 is 0 Å². The molecule has 3 aromatic rings. The first kappa shape index (κ1) is 15.8. The molecular weight excluding hydrogens is 336 g/mol. The van der Waals surface area contributed by atoms with Gasteiger partial charge in [0.15, 0.2) is 11.6 Å². The van der Waals surface area contributed by atoms with Crippen molar-refractivity contribution in [3.05, 3.63) is 59.1 Å². The highest BCUT2D eigenvalue weighted by atomic mass is 35.5. The lowest BCUT2D eigenvalue weighted by Crippen LogP contribution is -2.32. The summed E-state index contributed by atoms with van der Waals surface area (Å²) >= 11 is 6.05. The van der Waals surface area contributed by atoms with Gasteiger partial charge >= 0.3 is 0 Å². The SMILES string of the molecule is CN1CCCN(C(=O)c2cccc(Cl)c2)c2nc3ccccc3nc21. The summed E-state index contributed by atoms with van der Waals surface area (Å²) in [6.45, 7) is 1.41. The third kappa shape index (κ3) is 2.91. The number of nitrogens with zero attached hydrogens (tertiary/aromatic N) is 4. The van der Waals surface area contributed by atoms with E-state index in [9.17, 15) is 4.79 Å². The van der Waals surface area contributed by atoms with Gasteiger partial charge in [-0.25, -0.2) is 9.97 Å². The minimum Gasteiger partial charge on any atom is -0.357 e. The molecule has 2 heterocycles. The monoisotopic (exact) mass is 352 g/mol. The second kappa shape index (κ2) is 6.33. The van der Waals surface area contributed by atoms with E-state index in [2.05, 4.69) is 4.90 Å². The van der Waals surface area contributed by atoms with Gasteiger partial charge in [0.05, 0.1) is 11.0 Å². The maximum atomic E-state index is 13.1. The second-order valence-corrected chi connectivity index (χ2v) is 6.54. The molecule has 6 heteroatoms. The highest BCUT2D eigenvalue weighted by Gasteiger charge is 2.27. The summed E-state index contributed by atoms with van der Waals surface area (Å²) in [6, 6.07) is 14.7. The number of aromatic nitrogens is 2. The standard InChI is InChI=1S/C19H17ClN4O/c1-23-10-5-11-24(19(25)13-6-4-7-14(20)12-13)18-17(23)21-15-8-2-3-9-16(15)22-18/h2-4,6-9,12H,5,10-11H2,1H3. The van der Waals surface area contributed by atoms with E-state index in [0.29, 0.717) is 22.9 Å². The fourth-order valence-electron chi connectivity index (χ4n) is 3.07. The largest absolute Gasteiger partial charge is 0.357 e. The van der Waals surface area contributed by atoms with Crippen molar-refractivity contribution in [3.8, 4) is 0 Å². The smallest absolute Gasteiger partial charge is 0.259 e. The van der Waals surface area contributed by atoms with E-state index in [4.69, 9.17) is 21.6 Å². The van der Waals surface area contributed by atoms with Crippen LogP contribution in [0.25, 0.3) is 11.0 Å². The summed E-state index contributed by atoms with van der Waals surface area (Å²) in [5, 5.41) is 0.544. The lowest BCUT2D eigenvalue weighted by atomic mass is 10.2. The molecule has 0 N–H and O–H groups in total. The van der Waals surface area contributed by atoms with E-state index >= 15 is 0 Å². The van der Waals surface area contributed by atoms with Gasteiger partial charge in [0.25, 0.3) is 5.91 Å². The summed E-state index contributed by atoms with van der Waals surface area (Å²) in [7, 11) is 1.98. The van der Waals surface area contributed by atoms with Crippen molar-refractivity contribution in [1.82, 2.24) is 9.97 Å². The van der Waals surface area contributed by atoms with E-state index in [1.54, 1.807) is 29.2 Å². The number of halogens is 1. The average Bonchev–Trinajstić information content (AvgIpc) is 2.78. The number of amides is 1. The Kier molecular flexibility index (Phi) is 4.01. The Hall–Kier alpha value is -2.66. The van der Waals surface area contributed by atoms with Crippen LogP contribution < -0.4 is 9.80 Å². The van der Waals surface area contributed by atoms with Crippen LogP contribution in [0.1, 0.15) is 16.8 Å². The lowest BCUT2D eigenvalue weighted by molar-refractivity contribution is 0.0986. The van der Waals surface area contributed by atoms with E-state index in [1.807, 2.05) is 31.3 Å². The molecule has 4 rings (SSSR count). The predicted molar refractivity (Wildman–Crippen MR) is 101 cm³/mol. The number of fused-ring (bicyclic) bond motifs is 2. The summed E-state index contributed by atoms with van der Waals surface area (Å²) in [5.41, 5.74) is 2.16. The first-order valence-electron chi connectivity index (χ1n) is 8.19.